The fraction of sp³-hybridized carbons (Fsp3) is 0.150. The van der Waals surface area contributed by atoms with E-state index in [0.717, 1.165) is 0 Å². The molecule has 0 amide bonds. The van der Waals surface area contributed by atoms with Crippen molar-refractivity contribution in [2.75, 3.05) is 11.9 Å². The summed E-state index contributed by atoms with van der Waals surface area (Å²) < 4.78 is 6.30. The zero-order valence-electron chi connectivity index (χ0n) is 15.5. The van der Waals surface area contributed by atoms with Gasteiger partial charge in [0.15, 0.2) is 5.75 Å². The third-order valence-corrected chi connectivity index (χ3v) is 6.74. The maximum atomic E-state index is 13.2. The average molecular weight is 458 g/mol. The van der Waals surface area contributed by atoms with Crippen LogP contribution in [0.15, 0.2) is 34.4 Å². The number of ether oxygens (including phenoxy) is 1. The number of benzene rings is 1. The van der Waals surface area contributed by atoms with Gasteiger partial charge in [-0.05, 0) is 18.6 Å². The van der Waals surface area contributed by atoms with Gasteiger partial charge in [-0.3, -0.25) is 4.79 Å². The topological polar surface area (TPSA) is 128 Å². The second-order valence-corrected chi connectivity index (χ2v) is 8.22. The summed E-state index contributed by atoms with van der Waals surface area (Å²) in [5.41, 5.74) is 6.93. The molecule has 10 heteroatoms. The quantitative estimate of drug-likeness (QED) is 0.533. The number of nitrogens with two attached hydrogens (primary N) is 1. The third-order valence-electron chi connectivity index (χ3n) is 4.76. The fourth-order valence-electron chi connectivity index (χ4n) is 3.50. The van der Waals surface area contributed by atoms with E-state index in [1.807, 2.05) is 13.0 Å². The SMILES string of the molecule is CCNc1sc2c3c(c(=O)[nH]c2c1C#N)C(c1cccc(Cl)c1Cl)C(C#N)=C(N)O3. The Labute approximate surface area is 184 Å². The molecular formula is C20H13Cl2N5O2S. The molecule has 0 bridgehead atoms. The maximum Gasteiger partial charge on any atom is 0.256 e. The number of pyridine rings is 1. The Morgan fingerprint density at radius 3 is 2.77 bits per heavy atom. The van der Waals surface area contributed by atoms with Gasteiger partial charge < -0.3 is 20.8 Å². The second-order valence-electron chi connectivity index (χ2n) is 6.42. The summed E-state index contributed by atoms with van der Waals surface area (Å²) in [4.78, 5) is 15.9. The number of halogens is 2. The lowest BCUT2D eigenvalue weighted by Crippen LogP contribution is -2.27. The van der Waals surface area contributed by atoms with E-state index in [2.05, 4.69) is 16.4 Å². The number of rotatable bonds is 3. The first kappa shape index (κ1) is 20.1. The Kier molecular flexibility index (Phi) is 5.08. The summed E-state index contributed by atoms with van der Waals surface area (Å²) in [7, 11) is 0. The highest BCUT2D eigenvalue weighted by atomic mass is 35.5. The minimum absolute atomic E-state index is 0.0560. The molecule has 7 nitrogen and oxygen atoms in total. The molecule has 3 aromatic rings. The van der Waals surface area contributed by atoms with Crippen molar-refractivity contribution in [3.05, 3.63) is 66.7 Å². The highest BCUT2D eigenvalue weighted by Crippen LogP contribution is 2.48. The highest BCUT2D eigenvalue weighted by Gasteiger charge is 2.37. The number of nitrogens with zero attached hydrogens (tertiary/aromatic N) is 2. The molecule has 1 atom stereocenters. The van der Waals surface area contributed by atoms with Gasteiger partial charge in [-0.15, -0.1) is 11.3 Å². The number of hydrogen-bond donors (Lipinski definition) is 3. The number of anilines is 1. The van der Waals surface area contributed by atoms with Crippen LogP contribution in [0.5, 0.6) is 5.75 Å². The molecule has 4 rings (SSSR count). The Bertz CT molecular complexity index is 1380. The Morgan fingerprint density at radius 2 is 2.10 bits per heavy atom. The first-order valence-electron chi connectivity index (χ1n) is 8.81. The number of fused-ring (bicyclic) bond motifs is 3. The van der Waals surface area contributed by atoms with Gasteiger partial charge in [0.1, 0.15) is 28.3 Å². The zero-order valence-corrected chi connectivity index (χ0v) is 17.8. The van der Waals surface area contributed by atoms with Crippen molar-refractivity contribution in [1.82, 2.24) is 4.98 Å². The van der Waals surface area contributed by atoms with Crippen LogP contribution in [-0.2, 0) is 0 Å². The smallest absolute Gasteiger partial charge is 0.256 e. The van der Waals surface area contributed by atoms with Crippen LogP contribution in [-0.4, -0.2) is 11.5 Å². The molecular weight excluding hydrogens is 445 g/mol. The lowest BCUT2D eigenvalue weighted by Gasteiger charge is -2.26. The van der Waals surface area contributed by atoms with Crippen molar-refractivity contribution >= 4 is 49.8 Å². The van der Waals surface area contributed by atoms with Gasteiger partial charge in [-0.1, -0.05) is 35.3 Å². The summed E-state index contributed by atoms with van der Waals surface area (Å²) in [5.74, 6) is -0.792. The van der Waals surface area contributed by atoms with Crippen molar-refractivity contribution in [3.8, 4) is 17.9 Å². The van der Waals surface area contributed by atoms with Crippen LogP contribution < -0.4 is 21.3 Å². The van der Waals surface area contributed by atoms with Gasteiger partial charge in [-0.2, -0.15) is 10.5 Å². The monoisotopic (exact) mass is 457 g/mol. The minimum atomic E-state index is -0.867. The summed E-state index contributed by atoms with van der Waals surface area (Å²) in [6.45, 7) is 2.49. The average Bonchev–Trinajstić information content (AvgIpc) is 3.06. The van der Waals surface area contributed by atoms with Crippen LogP contribution in [0.4, 0.5) is 5.00 Å². The number of aromatic nitrogens is 1. The van der Waals surface area contributed by atoms with Gasteiger partial charge in [0.05, 0.1) is 31.7 Å². The van der Waals surface area contributed by atoms with Crippen molar-refractivity contribution < 1.29 is 4.74 Å². The largest absolute Gasteiger partial charge is 0.438 e. The van der Waals surface area contributed by atoms with Crippen LogP contribution in [0.2, 0.25) is 10.0 Å². The molecule has 1 unspecified atom stereocenters. The van der Waals surface area contributed by atoms with E-state index in [0.29, 0.717) is 32.9 Å². The second kappa shape index (κ2) is 7.58. The Hall–Kier alpha value is -3.17. The molecule has 0 saturated carbocycles. The Morgan fingerprint density at radius 1 is 1.33 bits per heavy atom. The molecule has 0 spiro atoms. The third kappa shape index (κ3) is 2.89. The number of H-pyrrole nitrogens is 1. The van der Waals surface area contributed by atoms with E-state index in [9.17, 15) is 15.3 Å². The maximum absolute atomic E-state index is 13.2. The fourth-order valence-corrected chi connectivity index (χ4v) is 5.08. The van der Waals surface area contributed by atoms with E-state index in [4.69, 9.17) is 33.7 Å². The summed E-state index contributed by atoms with van der Waals surface area (Å²) in [6.07, 6.45) is 0. The Balaban J connectivity index is 2.11. The van der Waals surface area contributed by atoms with Crippen molar-refractivity contribution in [2.24, 2.45) is 5.73 Å². The molecule has 1 aromatic carbocycles. The molecule has 0 radical (unpaired) electrons. The summed E-state index contributed by atoms with van der Waals surface area (Å²) in [6, 6.07) is 9.12. The van der Waals surface area contributed by atoms with Crippen molar-refractivity contribution in [2.45, 2.75) is 12.8 Å². The van der Waals surface area contributed by atoms with Gasteiger partial charge in [-0.25, -0.2) is 0 Å². The lowest BCUT2D eigenvalue weighted by molar-refractivity contribution is 0.397. The van der Waals surface area contributed by atoms with E-state index >= 15 is 0 Å². The number of thiophene rings is 1. The number of hydrogen-bond acceptors (Lipinski definition) is 7. The van der Waals surface area contributed by atoms with Gasteiger partial charge in [0.2, 0.25) is 5.88 Å². The molecule has 3 heterocycles. The van der Waals surface area contributed by atoms with Gasteiger partial charge in [0, 0.05) is 6.54 Å². The number of allylic oxidation sites excluding steroid dienone is 1. The van der Waals surface area contributed by atoms with E-state index in [1.165, 1.54) is 11.3 Å². The molecule has 1 aliphatic rings. The zero-order chi connectivity index (χ0) is 21.6. The van der Waals surface area contributed by atoms with Crippen LogP contribution in [0, 0.1) is 22.7 Å². The van der Waals surface area contributed by atoms with E-state index in [-0.39, 0.29) is 32.8 Å². The van der Waals surface area contributed by atoms with E-state index < -0.39 is 11.5 Å². The first-order valence-corrected chi connectivity index (χ1v) is 10.4. The normalized spacial score (nSPS) is 15.3. The van der Waals surface area contributed by atoms with Crippen LogP contribution >= 0.6 is 34.5 Å². The molecule has 30 heavy (non-hydrogen) atoms. The first-order chi connectivity index (χ1) is 14.4. The highest BCUT2D eigenvalue weighted by molar-refractivity contribution is 7.23. The molecule has 0 aliphatic carbocycles. The standard InChI is InChI=1S/C20H13Cl2N5O2S/c1-2-26-20-10(7-24)15-17(30-20)16-13(19(28)27-15)12(9(6-23)18(25)29-16)8-4-3-5-11(21)14(8)22/h3-5,12,26H,2,25H2,1H3,(H,27,28). The lowest BCUT2D eigenvalue weighted by atomic mass is 9.84. The van der Waals surface area contributed by atoms with Crippen LogP contribution in [0.3, 0.4) is 0 Å². The minimum Gasteiger partial charge on any atom is -0.438 e. The molecule has 2 aromatic heterocycles. The number of nitrogens with one attached hydrogen (secondary N) is 2. The predicted octanol–water partition coefficient (Wildman–Crippen LogP) is 4.42. The van der Waals surface area contributed by atoms with Crippen LogP contribution in [0.1, 0.15) is 29.5 Å². The van der Waals surface area contributed by atoms with Crippen LogP contribution in [0.25, 0.3) is 10.2 Å². The van der Waals surface area contributed by atoms with Crippen molar-refractivity contribution in [3.63, 3.8) is 0 Å². The molecule has 1 aliphatic heterocycles. The van der Waals surface area contributed by atoms with Gasteiger partial charge in [0.25, 0.3) is 5.56 Å². The summed E-state index contributed by atoms with van der Waals surface area (Å²) in [5, 5.41) is 23.6. The molecule has 150 valence electrons. The predicted molar refractivity (Wildman–Crippen MR) is 117 cm³/mol. The number of nitriles is 2. The molecule has 4 N–H and O–H groups in total. The van der Waals surface area contributed by atoms with E-state index in [1.54, 1.807) is 18.2 Å². The number of aromatic amines is 1. The summed E-state index contributed by atoms with van der Waals surface area (Å²) >= 11 is 13.9. The van der Waals surface area contributed by atoms with Gasteiger partial charge >= 0.3 is 0 Å². The molecule has 0 fully saturated rings. The molecule has 0 saturated heterocycles. The van der Waals surface area contributed by atoms with Crippen molar-refractivity contribution in [1.29, 1.82) is 10.5 Å².